The number of amides is 1. The highest BCUT2D eigenvalue weighted by atomic mass is 32.2. The van der Waals surface area contributed by atoms with Crippen LogP contribution in [0, 0.1) is 13.8 Å². The molecule has 3 aromatic carbocycles. The number of carbonyl (C=O) groups is 1. The second-order valence-electron chi connectivity index (χ2n) is 7.57. The maximum absolute atomic E-state index is 13.4. The average Bonchev–Trinajstić information content (AvgIpc) is 3.21. The topological polar surface area (TPSA) is 75.7 Å². The molecule has 160 valence electrons. The lowest BCUT2D eigenvalue weighted by Gasteiger charge is -2.20. The first-order valence-electron chi connectivity index (χ1n) is 9.98. The summed E-state index contributed by atoms with van der Waals surface area (Å²) in [5.41, 5.74) is 4.64. The molecule has 31 heavy (non-hydrogen) atoms. The Balaban J connectivity index is 1.69. The number of aryl methyl sites for hydroxylation is 2. The van der Waals surface area contributed by atoms with Crippen molar-refractivity contribution in [2.45, 2.75) is 25.2 Å². The van der Waals surface area contributed by atoms with E-state index in [0.29, 0.717) is 30.1 Å². The van der Waals surface area contributed by atoms with E-state index in [9.17, 15) is 13.2 Å². The van der Waals surface area contributed by atoms with Crippen LogP contribution >= 0.6 is 0 Å². The minimum Gasteiger partial charge on any atom is -0.496 e. The van der Waals surface area contributed by atoms with Gasteiger partial charge in [-0.2, -0.15) is 0 Å². The number of nitrogens with zero attached hydrogens (tertiary/aromatic N) is 1. The van der Waals surface area contributed by atoms with Crippen molar-refractivity contribution in [3.05, 3.63) is 82.9 Å². The Morgan fingerprint density at radius 2 is 1.77 bits per heavy atom. The van der Waals surface area contributed by atoms with E-state index in [1.165, 1.54) is 29.6 Å². The number of para-hydroxylation sites is 1. The lowest BCUT2D eigenvalue weighted by Crippen LogP contribution is -2.29. The van der Waals surface area contributed by atoms with Crippen molar-refractivity contribution in [2.24, 2.45) is 0 Å². The molecule has 0 saturated heterocycles. The number of methoxy groups -OCH3 is 1. The van der Waals surface area contributed by atoms with Crippen molar-refractivity contribution in [3.63, 3.8) is 0 Å². The molecule has 0 unspecified atom stereocenters. The second kappa shape index (κ2) is 8.07. The number of fused-ring (bicyclic) bond motifs is 1. The monoisotopic (exact) mass is 436 g/mol. The Hall–Kier alpha value is -3.32. The summed E-state index contributed by atoms with van der Waals surface area (Å²) in [5.74, 6) is -0.124. The summed E-state index contributed by atoms with van der Waals surface area (Å²) in [5, 5.41) is 2.84. The standard InChI is InChI=1S/C24H24N2O4S/c1-16-8-9-19(14-17(16)2)25-24(27)21-15-20(10-11-23(21)30-3)31(28,29)26-13-12-18-6-4-5-7-22(18)26/h4-11,14-15H,12-13H2,1-3H3,(H,25,27). The van der Waals surface area contributed by atoms with E-state index in [2.05, 4.69) is 5.32 Å². The lowest BCUT2D eigenvalue weighted by molar-refractivity contribution is 0.102. The maximum Gasteiger partial charge on any atom is 0.264 e. The third-order valence-electron chi connectivity index (χ3n) is 5.61. The van der Waals surface area contributed by atoms with Crippen molar-refractivity contribution in [3.8, 4) is 5.75 Å². The van der Waals surface area contributed by atoms with Gasteiger partial charge in [0.15, 0.2) is 0 Å². The highest BCUT2D eigenvalue weighted by molar-refractivity contribution is 7.92. The summed E-state index contributed by atoms with van der Waals surface area (Å²) >= 11 is 0. The third-order valence-corrected chi connectivity index (χ3v) is 7.42. The van der Waals surface area contributed by atoms with Crippen LogP contribution in [0.25, 0.3) is 0 Å². The number of anilines is 2. The van der Waals surface area contributed by atoms with Crippen LogP contribution in [0.2, 0.25) is 0 Å². The van der Waals surface area contributed by atoms with E-state index in [0.717, 1.165) is 16.7 Å². The van der Waals surface area contributed by atoms with Gasteiger partial charge >= 0.3 is 0 Å². The van der Waals surface area contributed by atoms with Gasteiger partial charge in [-0.3, -0.25) is 9.10 Å². The molecule has 1 aliphatic heterocycles. The van der Waals surface area contributed by atoms with E-state index < -0.39 is 15.9 Å². The number of rotatable bonds is 5. The largest absolute Gasteiger partial charge is 0.496 e. The molecule has 0 atom stereocenters. The molecule has 1 N–H and O–H groups in total. The fourth-order valence-electron chi connectivity index (χ4n) is 3.73. The molecule has 0 saturated carbocycles. The van der Waals surface area contributed by atoms with Crippen LogP contribution in [0.4, 0.5) is 11.4 Å². The van der Waals surface area contributed by atoms with Crippen molar-refractivity contribution in [1.82, 2.24) is 0 Å². The average molecular weight is 437 g/mol. The zero-order chi connectivity index (χ0) is 22.2. The zero-order valence-electron chi connectivity index (χ0n) is 17.7. The van der Waals surface area contributed by atoms with Gasteiger partial charge in [-0.15, -0.1) is 0 Å². The van der Waals surface area contributed by atoms with Gasteiger partial charge in [-0.1, -0.05) is 24.3 Å². The second-order valence-corrected chi connectivity index (χ2v) is 9.43. The van der Waals surface area contributed by atoms with Crippen LogP contribution in [0.1, 0.15) is 27.0 Å². The van der Waals surface area contributed by atoms with Gasteiger partial charge in [0.05, 0.1) is 23.3 Å². The van der Waals surface area contributed by atoms with Gasteiger partial charge < -0.3 is 10.1 Å². The van der Waals surface area contributed by atoms with Gasteiger partial charge in [-0.05, 0) is 73.4 Å². The smallest absolute Gasteiger partial charge is 0.264 e. The Morgan fingerprint density at radius 1 is 1.00 bits per heavy atom. The number of hydrogen-bond acceptors (Lipinski definition) is 4. The summed E-state index contributed by atoms with van der Waals surface area (Å²) in [7, 11) is -2.37. The molecule has 0 spiro atoms. The molecule has 1 amide bonds. The fraction of sp³-hybridized carbons (Fsp3) is 0.208. The number of nitrogens with one attached hydrogen (secondary N) is 1. The van der Waals surface area contributed by atoms with Gasteiger partial charge in [0.1, 0.15) is 5.75 Å². The number of ether oxygens (including phenoxy) is 1. The fourth-order valence-corrected chi connectivity index (χ4v) is 5.26. The Bertz CT molecular complexity index is 1270. The van der Waals surface area contributed by atoms with Crippen LogP contribution in [0.3, 0.4) is 0 Å². The SMILES string of the molecule is COc1ccc(S(=O)(=O)N2CCc3ccccc32)cc1C(=O)Nc1ccc(C)c(C)c1. The first-order chi connectivity index (χ1) is 14.8. The lowest BCUT2D eigenvalue weighted by atomic mass is 10.1. The Kier molecular flexibility index (Phi) is 5.45. The highest BCUT2D eigenvalue weighted by Crippen LogP contribution is 2.34. The molecule has 0 aromatic heterocycles. The molecular formula is C24H24N2O4S. The van der Waals surface area contributed by atoms with Gasteiger partial charge in [0.25, 0.3) is 15.9 Å². The zero-order valence-corrected chi connectivity index (χ0v) is 18.5. The molecule has 7 heteroatoms. The van der Waals surface area contributed by atoms with Gasteiger partial charge in [0, 0.05) is 12.2 Å². The van der Waals surface area contributed by atoms with E-state index in [1.54, 1.807) is 6.07 Å². The molecule has 1 aliphatic rings. The van der Waals surface area contributed by atoms with Crippen LogP contribution in [0.15, 0.2) is 65.6 Å². The molecule has 0 radical (unpaired) electrons. The molecular weight excluding hydrogens is 412 g/mol. The predicted molar refractivity (Wildman–Crippen MR) is 122 cm³/mol. The van der Waals surface area contributed by atoms with Crippen LogP contribution in [-0.2, 0) is 16.4 Å². The van der Waals surface area contributed by atoms with Crippen LogP contribution in [-0.4, -0.2) is 28.0 Å². The summed E-state index contributed by atoms with van der Waals surface area (Å²) in [4.78, 5) is 13.0. The van der Waals surface area contributed by atoms with E-state index >= 15 is 0 Å². The van der Waals surface area contributed by atoms with Crippen LogP contribution < -0.4 is 14.4 Å². The number of sulfonamides is 1. The van der Waals surface area contributed by atoms with Gasteiger partial charge in [0.2, 0.25) is 0 Å². The summed E-state index contributed by atoms with van der Waals surface area (Å²) in [6.45, 7) is 4.33. The van der Waals surface area contributed by atoms with Crippen molar-refractivity contribution >= 4 is 27.3 Å². The number of hydrogen-bond donors (Lipinski definition) is 1. The molecule has 6 nitrogen and oxygen atoms in total. The Labute approximate surface area is 182 Å². The normalized spacial score (nSPS) is 13.1. The molecule has 0 fully saturated rings. The van der Waals surface area contributed by atoms with Crippen molar-refractivity contribution in [2.75, 3.05) is 23.3 Å². The maximum atomic E-state index is 13.4. The van der Waals surface area contributed by atoms with E-state index in [4.69, 9.17) is 4.74 Å². The minimum atomic E-state index is -3.82. The number of carbonyl (C=O) groups excluding carboxylic acids is 1. The van der Waals surface area contributed by atoms with E-state index in [1.807, 2.05) is 50.2 Å². The molecule has 1 heterocycles. The molecule has 0 aliphatic carbocycles. The van der Waals surface area contributed by atoms with Crippen LogP contribution in [0.5, 0.6) is 5.75 Å². The number of benzene rings is 3. The first kappa shape index (κ1) is 20.9. The Morgan fingerprint density at radius 3 is 2.52 bits per heavy atom. The first-order valence-corrected chi connectivity index (χ1v) is 11.4. The highest BCUT2D eigenvalue weighted by Gasteiger charge is 2.31. The third kappa shape index (κ3) is 3.88. The summed E-state index contributed by atoms with van der Waals surface area (Å²) in [6, 6.07) is 17.4. The predicted octanol–water partition coefficient (Wildman–Crippen LogP) is 4.32. The quantitative estimate of drug-likeness (QED) is 0.646. The molecule has 4 rings (SSSR count). The van der Waals surface area contributed by atoms with E-state index in [-0.39, 0.29) is 10.5 Å². The van der Waals surface area contributed by atoms with Gasteiger partial charge in [-0.25, -0.2) is 8.42 Å². The summed E-state index contributed by atoms with van der Waals surface area (Å²) < 4.78 is 33.5. The molecule has 0 bridgehead atoms. The van der Waals surface area contributed by atoms with Crippen molar-refractivity contribution in [1.29, 1.82) is 0 Å². The van der Waals surface area contributed by atoms with Crippen molar-refractivity contribution < 1.29 is 17.9 Å². The molecule has 3 aromatic rings. The summed E-state index contributed by atoms with van der Waals surface area (Å²) in [6.07, 6.45) is 0.658. The minimum absolute atomic E-state index is 0.0511.